The highest BCUT2D eigenvalue weighted by molar-refractivity contribution is 8.00. The minimum Gasteiger partial charge on any atom is -0.284 e. The molecule has 0 saturated carbocycles. The van der Waals surface area contributed by atoms with Gasteiger partial charge < -0.3 is 0 Å². The molecule has 17 heavy (non-hydrogen) atoms. The first kappa shape index (κ1) is 12.5. The summed E-state index contributed by atoms with van der Waals surface area (Å²) in [7, 11) is 1.53. The number of amides is 2. The summed E-state index contributed by atoms with van der Waals surface area (Å²) in [6.45, 7) is 0. The monoisotopic (exact) mass is 269 g/mol. The summed E-state index contributed by atoms with van der Waals surface area (Å²) in [6.07, 6.45) is 1.85. The van der Waals surface area contributed by atoms with E-state index in [4.69, 9.17) is 11.6 Å². The van der Waals surface area contributed by atoms with Crippen molar-refractivity contribution in [2.75, 3.05) is 13.3 Å². The molecular formula is C12H12ClNO2S. The molecule has 0 spiro atoms. The van der Waals surface area contributed by atoms with Crippen molar-refractivity contribution in [2.45, 2.75) is 11.2 Å². The maximum absolute atomic E-state index is 12.0. The molecule has 3 nitrogen and oxygen atoms in total. The normalized spacial score (nSPS) is 24.5. The van der Waals surface area contributed by atoms with Gasteiger partial charge in [-0.3, -0.25) is 14.5 Å². The van der Waals surface area contributed by atoms with Gasteiger partial charge in [0.05, 0.1) is 11.2 Å². The minimum atomic E-state index is -0.389. The number of halogens is 1. The molecule has 1 fully saturated rings. The van der Waals surface area contributed by atoms with Crippen LogP contribution in [0.5, 0.6) is 0 Å². The zero-order valence-corrected chi connectivity index (χ0v) is 11.1. The highest BCUT2D eigenvalue weighted by Crippen LogP contribution is 2.36. The Morgan fingerprint density at radius 2 is 1.76 bits per heavy atom. The highest BCUT2D eigenvalue weighted by Gasteiger charge is 2.46. The number of benzene rings is 1. The van der Waals surface area contributed by atoms with Crippen LogP contribution in [0.25, 0.3) is 0 Å². The largest absolute Gasteiger partial charge is 0.284 e. The van der Waals surface area contributed by atoms with Crippen LogP contribution in [0, 0.1) is 0 Å². The van der Waals surface area contributed by atoms with Crippen molar-refractivity contribution in [3.63, 3.8) is 0 Å². The van der Waals surface area contributed by atoms with Crippen LogP contribution in [-0.4, -0.2) is 35.3 Å². The van der Waals surface area contributed by atoms with Crippen molar-refractivity contribution in [3.05, 3.63) is 34.9 Å². The molecule has 0 aliphatic carbocycles. The molecule has 5 heteroatoms. The van der Waals surface area contributed by atoms with E-state index in [1.807, 2.05) is 6.26 Å². The Morgan fingerprint density at radius 3 is 2.29 bits per heavy atom. The molecule has 1 heterocycles. The van der Waals surface area contributed by atoms with Gasteiger partial charge in [-0.25, -0.2) is 0 Å². The second kappa shape index (κ2) is 4.70. The molecule has 1 saturated heterocycles. The fourth-order valence-electron chi connectivity index (χ4n) is 2.00. The molecule has 1 aromatic carbocycles. The van der Waals surface area contributed by atoms with Gasteiger partial charge in [-0.15, -0.1) is 0 Å². The summed E-state index contributed by atoms with van der Waals surface area (Å²) in [5.74, 6) is -0.654. The number of hydrogen-bond donors (Lipinski definition) is 0. The van der Waals surface area contributed by atoms with Crippen LogP contribution >= 0.6 is 23.4 Å². The first-order valence-corrected chi connectivity index (χ1v) is 6.82. The molecule has 1 aromatic rings. The molecule has 2 rings (SSSR count). The van der Waals surface area contributed by atoms with Crippen molar-refractivity contribution in [1.82, 2.24) is 4.90 Å². The van der Waals surface area contributed by atoms with E-state index in [0.717, 1.165) is 5.56 Å². The second-order valence-electron chi connectivity index (χ2n) is 3.92. The number of imide groups is 1. The number of rotatable bonds is 2. The molecule has 0 radical (unpaired) electrons. The summed E-state index contributed by atoms with van der Waals surface area (Å²) < 4.78 is 0. The molecule has 0 unspecified atom stereocenters. The van der Waals surface area contributed by atoms with Crippen LogP contribution in [0.2, 0.25) is 5.02 Å². The van der Waals surface area contributed by atoms with Gasteiger partial charge in [0.2, 0.25) is 11.8 Å². The quantitative estimate of drug-likeness (QED) is 0.772. The van der Waals surface area contributed by atoms with Gasteiger partial charge in [0.15, 0.2) is 0 Å². The predicted octanol–water partition coefficient (Wildman–Crippen LogP) is 2.15. The van der Waals surface area contributed by atoms with Gasteiger partial charge in [0.25, 0.3) is 0 Å². The lowest BCUT2D eigenvalue weighted by molar-refractivity contribution is -0.136. The third-order valence-corrected chi connectivity index (χ3v) is 4.19. The van der Waals surface area contributed by atoms with E-state index in [1.54, 1.807) is 24.3 Å². The van der Waals surface area contributed by atoms with Crippen LogP contribution in [0.15, 0.2) is 24.3 Å². The van der Waals surface area contributed by atoms with Gasteiger partial charge in [-0.05, 0) is 24.0 Å². The van der Waals surface area contributed by atoms with Crippen molar-refractivity contribution < 1.29 is 9.59 Å². The Balaban J connectivity index is 2.39. The lowest BCUT2D eigenvalue weighted by Crippen LogP contribution is -2.26. The Bertz CT molecular complexity index is 460. The molecule has 1 aliphatic rings. The van der Waals surface area contributed by atoms with E-state index in [1.165, 1.54) is 23.7 Å². The third kappa shape index (κ3) is 2.07. The van der Waals surface area contributed by atoms with E-state index in [2.05, 4.69) is 0 Å². The molecule has 1 aliphatic heterocycles. The van der Waals surface area contributed by atoms with Gasteiger partial charge >= 0.3 is 0 Å². The van der Waals surface area contributed by atoms with E-state index in [-0.39, 0.29) is 23.0 Å². The number of nitrogens with zero attached hydrogens (tertiary/aromatic N) is 1. The first-order valence-electron chi connectivity index (χ1n) is 5.16. The van der Waals surface area contributed by atoms with Crippen molar-refractivity contribution in [2.24, 2.45) is 0 Å². The van der Waals surface area contributed by atoms with Crippen molar-refractivity contribution in [1.29, 1.82) is 0 Å². The zero-order chi connectivity index (χ0) is 12.6. The maximum Gasteiger partial charge on any atom is 0.243 e. The summed E-state index contributed by atoms with van der Waals surface area (Å²) >= 11 is 7.22. The Labute approximate surface area is 109 Å². The molecule has 0 bridgehead atoms. The number of likely N-dealkylation sites (N-methyl/N-ethyl adjacent to an activating group) is 1. The third-order valence-electron chi connectivity index (χ3n) is 2.96. The smallest absolute Gasteiger partial charge is 0.243 e. The molecule has 0 aromatic heterocycles. The van der Waals surface area contributed by atoms with Gasteiger partial charge in [-0.2, -0.15) is 11.8 Å². The summed E-state index contributed by atoms with van der Waals surface area (Å²) in [5, 5.41) is 0.299. The van der Waals surface area contributed by atoms with Crippen LogP contribution in [0.4, 0.5) is 0 Å². The summed E-state index contributed by atoms with van der Waals surface area (Å²) in [6, 6.07) is 7.09. The molecular weight excluding hydrogens is 258 g/mol. The fourth-order valence-corrected chi connectivity index (χ4v) is 3.04. The Kier molecular flexibility index (Phi) is 3.45. The average Bonchev–Trinajstić information content (AvgIpc) is 2.54. The summed E-state index contributed by atoms with van der Waals surface area (Å²) in [4.78, 5) is 25.1. The SMILES string of the molecule is CS[C@@H]1C(=O)N(C)C(=O)[C@@H]1c1ccc(Cl)cc1. The molecule has 2 amide bonds. The van der Waals surface area contributed by atoms with E-state index in [0.29, 0.717) is 5.02 Å². The number of carbonyl (C=O) groups is 2. The number of likely N-dealkylation sites (tertiary alicyclic amines) is 1. The van der Waals surface area contributed by atoms with Crippen LogP contribution in [0.1, 0.15) is 11.5 Å². The maximum atomic E-state index is 12.0. The van der Waals surface area contributed by atoms with Crippen molar-refractivity contribution >= 4 is 35.2 Å². The lowest BCUT2D eigenvalue weighted by atomic mass is 9.97. The molecule has 2 atom stereocenters. The van der Waals surface area contributed by atoms with Crippen LogP contribution < -0.4 is 0 Å². The highest BCUT2D eigenvalue weighted by atomic mass is 35.5. The van der Waals surface area contributed by atoms with E-state index in [9.17, 15) is 9.59 Å². The van der Waals surface area contributed by atoms with Gasteiger partial charge in [0.1, 0.15) is 0 Å². The second-order valence-corrected chi connectivity index (χ2v) is 5.34. The Morgan fingerprint density at radius 1 is 1.18 bits per heavy atom. The van der Waals surface area contributed by atoms with Crippen molar-refractivity contribution in [3.8, 4) is 0 Å². The fraction of sp³-hybridized carbons (Fsp3) is 0.333. The minimum absolute atomic E-state index is 0.123. The van der Waals surface area contributed by atoms with Gasteiger partial charge in [-0.1, -0.05) is 23.7 Å². The van der Waals surface area contributed by atoms with E-state index >= 15 is 0 Å². The Hall–Kier alpha value is -1.00. The van der Waals surface area contributed by atoms with Gasteiger partial charge in [0, 0.05) is 12.1 Å². The first-order chi connectivity index (χ1) is 8.06. The number of carbonyl (C=O) groups excluding carboxylic acids is 2. The van der Waals surface area contributed by atoms with E-state index < -0.39 is 0 Å². The standard InChI is InChI=1S/C12H12ClNO2S/c1-14-11(15)9(10(17-2)12(14)16)7-3-5-8(13)6-4-7/h3-6,9-10H,1-2H3/t9-,10+/m1/s1. The van der Waals surface area contributed by atoms with Crippen LogP contribution in [0.3, 0.4) is 0 Å². The molecule has 90 valence electrons. The molecule has 0 N–H and O–H groups in total. The predicted molar refractivity (Wildman–Crippen MR) is 69.3 cm³/mol. The lowest BCUT2D eigenvalue weighted by Gasteiger charge is -2.13. The summed E-state index contributed by atoms with van der Waals surface area (Å²) in [5.41, 5.74) is 0.844. The average molecular weight is 270 g/mol. The topological polar surface area (TPSA) is 37.4 Å². The zero-order valence-electron chi connectivity index (χ0n) is 9.51. The number of thioether (sulfide) groups is 1. The van der Waals surface area contributed by atoms with Crippen LogP contribution in [-0.2, 0) is 9.59 Å². The number of hydrogen-bond acceptors (Lipinski definition) is 3.